The van der Waals surface area contributed by atoms with Gasteiger partial charge in [0.2, 0.25) is 0 Å². The topological polar surface area (TPSA) is 48.1 Å². The molecule has 0 saturated heterocycles. The minimum Gasteiger partial charge on any atom is -0.380 e. The molecule has 0 aliphatic heterocycles. The minimum atomic E-state index is 0.0895. The Balaban J connectivity index is 1.93. The first-order valence-corrected chi connectivity index (χ1v) is 5.48. The summed E-state index contributed by atoms with van der Waals surface area (Å²) in [5, 5.41) is 0. The number of pyridine rings is 1. The molecule has 1 saturated carbocycles. The highest BCUT2D eigenvalue weighted by Crippen LogP contribution is 2.35. The summed E-state index contributed by atoms with van der Waals surface area (Å²) in [7, 11) is 1.76. The summed E-state index contributed by atoms with van der Waals surface area (Å²) < 4.78 is 5.46. The summed E-state index contributed by atoms with van der Waals surface area (Å²) >= 11 is 0. The van der Waals surface area contributed by atoms with Crippen molar-refractivity contribution in [3.05, 3.63) is 30.1 Å². The van der Waals surface area contributed by atoms with Crippen LogP contribution in [-0.2, 0) is 11.2 Å². The first kappa shape index (κ1) is 10.6. The van der Waals surface area contributed by atoms with Gasteiger partial charge in [0.15, 0.2) is 0 Å². The van der Waals surface area contributed by atoms with Gasteiger partial charge in [0.25, 0.3) is 0 Å². The third kappa shape index (κ3) is 2.76. The minimum absolute atomic E-state index is 0.0895. The SMILES string of the molecule is COC(C(N)Cc1cccnc1)C1CC1. The fraction of sp³-hybridized carbons (Fsp3) is 0.583. The smallest absolute Gasteiger partial charge is 0.0753 e. The second-order valence-electron chi connectivity index (χ2n) is 4.27. The van der Waals surface area contributed by atoms with Crippen molar-refractivity contribution in [3.8, 4) is 0 Å². The van der Waals surface area contributed by atoms with Crippen LogP contribution in [0.3, 0.4) is 0 Å². The number of aromatic nitrogens is 1. The van der Waals surface area contributed by atoms with E-state index in [1.807, 2.05) is 12.3 Å². The summed E-state index contributed by atoms with van der Waals surface area (Å²) in [6.45, 7) is 0. The quantitative estimate of drug-likeness (QED) is 0.791. The molecule has 3 heteroatoms. The zero-order valence-corrected chi connectivity index (χ0v) is 9.10. The van der Waals surface area contributed by atoms with E-state index in [0.717, 1.165) is 6.42 Å². The van der Waals surface area contributed by atoms with E-state index in [2.05, 4.69) is 11.1 Å². The lowest BCUT2D eigenvalue weighted by atomic mass is 10.0. The molecule has 1 aliphatic rings. The first-order chi connectivity index (χ1) is 7.31. The van der Waals surface area contributed by atoms with Gasteiger partial charge < -0.3 is 10.5 Å². The molecule has 82 valence electrons. The molecule has 2 atom stereocenters. The molecular weight excluding hydrogens is 188 g/mol. The molecule has 3 nitrogen and oxygen atoms in total. The number of ether oxygens (including phenoxy) is 1. The van der Waals surface area contributed by atoms with E-state index in [0.29, 0.717) is 5.92 Å². The Bertz CT molecular complexity index is 298. The van der Waals surface area contributed by atoms with Crippen LogP contribution >= 0.6 is 0 Å². The second kappa shape index (κ2) is 4.73. The van der Waals surface area contributed by atoms with Crippen molar-refractivity contribution < 1.29 is 4.74 Å². The normalized spacial score (nSPS) is 19.9. The highest BCUT2D eigenvalue weighted by atomic mass is 16.5. The molecule has 1 aromatic heterocycles. The second-order valence-corrected chi connectivity index (χ2v) is 4.27. The molecule has 0 amide bonds. The van der Waals surface area contributed by atoms with E-state index >= 15 is 0 Å². The Morgan fingerprint density at radius 1 is 1.60 bits per heavy atom. The van der Waals surface area contributed by atoms with Crippen molar-refractivity contribution in [2.75, 3.05) is 7.11 Å². The maximum Gasteiger partial charge on any atom is 0.0753 e. The molecule has 15 heavy (non-hydrogen) atoms. The van der Waals surface area contributed by atoms with Gasteiger partial charge in [-0.1, -0.05) is 6.07 Å². The zero-order valence-electron chi connectivity index (χ0n) is 9.10. The molecule has 1 aliphatic carbocycles. The van der Waals surface area contributed by atoms with Crippen LogP contribution in [0.25, 0.3) is 0 Å². The van der Waals surface area contributed by atoms with E-state index < -0.39 is 0 Å². The van der Waals surface area contributed by atoms with Gasteiger partial charge in [-0.25, -0.2) is 0 Å². The van der Waals surface area contributed by atoms with Crippen molar-refractivity contribution >= 4 is 0 Å². The van der Waals surface area contributed by atoms with Gasteiger partial charge in [-0.2, -0.15) is 0 Å². The van der Waals surface area contributed by atoms with E-state index in [-0.39, 0.29) is 12.1 Å². The predicted octanol–water partition coefficient (Wildman–Crippen LogP) is 1.38. The number of methoxy groups -OCH3 is 1. The van der Waals surface area contributed by atoms with Crippen LogP contribution in [-0.4, -0.2) is 24.2 Å². The Morgan fingerprint density at radius 2 is 2.40 bits per heavy atom. The van der Waals surface area contributed by atoms with Crippen LogP contribution in [0.2, 0.25) is 0 Å². The van der Waals surface area contributed by atoms with Crippen molar-refractivity contribution in [1.82, 2.24) is 4.98 Å². The van der Waals surface area contributed by atoms with Crippen LogP contribution in [0.5, 0.6) is 0 Å². The van der Waals surface area contributed by atoms with Crippen LogP contribution in [0.1, 0.15) is 18.4 Å². The third-order valence-corrected chi connectivity index (χ3v) is 2.97. The Labute approximate surface area is 90.7 Å². The lowest BCUT2D eigenvalue weighted by Gasteiger charge is -2.22. The van der Waals surface area contributed by atoms with Gasteiger partial charge in [0.05, 0.1) is 6.10 Å². The number of hydrogen-bond acceptors (Lipinski definition) is 3. The summed E-state index contributed by atoms with van der Waals surface area (Å²) in [6, 6.07) is 4.10. The van der Waals surface area contributed by atoms with Gasteiger partial charge in [0.1, 0.15) is 0 Å². The van der Waals surface area contributed by atoms with Gasteiger partial charge in [-0.3, -0.25) is 4.98 Å². The molecule has 0 bridgehead atoms. The van der Waals surface area contributed by atoms with Crippen molar-refractivity contribution in [1.29, 1.82) is 0 Å². The summed E-state index contributed by atoms with van der Waals surface area (Å²) in [6.07, 6.45) is 7.25. The Kier molecular flexibility index (Phi) is 3.34. The maximum atomic E-state index is 6.15. The lowest BCUT2D eigenvalue weighted by Crippen LogP contribution is -2.39. The fourth-order valence-electron chi connectivity index (χ4n) is 2.05. The largest absolute Gasteiger partial charge is 0.380 e. The molecule has 2 rings (SSSR count). The number of rotatable bonds is 5. The summed E-state index contributed by atoms with van der Waals surface area (Å²) in [5.41, 5.74) is 7.34. The molecular formula is C12H18N2O. The average Bonchev–Trinajstić information content (AvgIpc) is 3.04. The number of nitrogens with two attached hydrogens (primary N) is 1. The molecule has 1 fully saturated rings. The molecule has 1 aromatic rings. The van der Waals surface area contributed by atoms with Crippen LogP contribution in [0.4, 0.5) is 0 Å². The van der Waals surface area contributed by atoms with E-state index in [1.54, 1.807) is 13.3 Å². The zero-order chi connectivity index (χ0) is 10.7. The van der Waals surface area contributed by atoms with E-state index in [9.17, 15) is 0 Å². The summed E-state index contributed by atoms with van der Waals surface area (Å²) in [4.78, 5) is 4.09. The van der Waals surface area contributed by atoms with Crippen molar-refractivity contribution in [2.24, 2.45) is 11.7 Å². The van der Waals surface area contributed by atoms with Crippen molar-refractivity contribution in [3.63, 3.8) is 0 Å². The Morgan fingerprint density at radius 3 is 2.93 bits per heavy atom. The van der Waals surface area contributed by atoms with E-state index in [1.165, 1.54) is 18.4 Å². The summed E-state index contributed by atoms with van der Waals surface area (Å²) in [5.74, 6) is 0.682. The van der Waals surface area contributed by atoms with Gasteiger partial charge >= 0.3 is 0 Å². The lowest BCUT2D eigenvalue weighted by molar-refractivity contribution is 0.0626. The van der Waals surface area contributed by atoms with Gasteiger partial charge in [-0.15, -0.1) is 0 Å². The number of hydrogen-bond donors (Lipinski definition) is 1. The van der Waals surface area contributed by atoms with Crippen LogP contribution in [0.15, 0.2) is 24.5 Å². The number of nitrogens with zero attached hydrogens (tertiary/aromatic N) is 1. The third-order valence-electron chi connectivity index (χ3n) is 2.97. The molecule has 2 unspecified atom stereocenters. The monoisotopic (exact) mass is 206 g/mol. The maximum absolute atomic E-state index is 6.15. The first-order valence-electron chi connectivity index (χ1n) is 5.48. The van der Waals surface area contributed by atoms with Crippen molar-refractivity contribution in [2.45, 2.75) is 31.4 Å². The van der Waals surface area contributed by atoms with Crippen LogP contribution < -0.4 is 5.73 Å². The highest BCUT2D eigenvalue weighted by molar-refractivity contribution is 5.11. The molecule has 2 N–H and O–H groups in total. The van der Waals surface area contributed by atoms with E-state index in [4.69, 9.17) is 10.5 Å². The van der Waals surface area contributed by atoms with Gasteiger partial charge in [0, 0.05) is 25.5 Å². The average molecular weight is 206 g/mol. The Hall–Kier alpha value is -0.930. The standard InChI is InChI=1S/C12H18N2O/c1-15-12(10-4-5-10)11(13)7-9-3-2-6-14-8-9/h2-3,6,8,10-12H,4-5,7,13H2,1H3. The fourth-order valence-corrected chi connectivity index (χ4v) is 2.05. The van der Waals surface area contributed by atoms with Crippen LogP contribution in [0, 0.1) is 5.92 Å². The predicted molar refractivity (Wildman–Crippen MR) is 59.4 cm³/mol. The van der Waals surface area contributed by atoms with Gasteiger partial charge in [-0.05, 0) is 36.8 Å². The molecule has 0 spiro atoms. The highest BCUT2D eigenvalue weighted by Gasteiger charge is 2.35. The molecule has 1 heterocycles. The molecule has 0 aromatic carbocycles. The molecule has 0 radical (unpaired) electrons.